The number of aromatic nitrogens is 1. The summed E-state index contributed by atoms with van der Waals surface area (Å²) < 4.78 is 0. The van der Waals surface area contributed by atoms with Crippen molar-refractivity contribution in [3.8, 4) is 0 Å². The molecular weight excluding hydrogens is 214 g/mol. The lowest BCUT2D eigenvalue weighted by molar-refractivity contribution is 0.0550. The fraction of sp³-hybridized carbons (Fsp3) is 0.556. The first-order valence-electron chi connectivity index (χ1n) is 4.85. The van der Waals surface area contributed by atoms with Gasteiger partial charge in [-0.15, -0.1) is 0 Å². The summed E-state index contributed by atoms with van der Waals surface area (Å²) in [5, 5.41) is 9.73. The summed E-state index contributed by atoms with van der Waals surface area (Å²) in [7, 11) is 0. The number of piperidine rings is 1. The molecule has 0 atom stereocenters. The molecule has 0 radical (unpaired) electrons. The van der Waals surface area contributed by atoms with Crippen LogP contribution in [0.3, 0.4) is 0 Å². The maximum atomic E-state index is 11.9. The number of aliphatic hydroxyl groups excluding tert-OH is 1. The van der Waals surface area contributed by atoms with Crippen LogP contribution in [0.25, 0.3) is 0 Å². The summed E-state index contributed by atoms with van der Waals surface area (Å²) in [6.07, 6.45) is 2.55. The van der Waals surface area contributed by atoms with E-state index in [9.17, 15) is 9.90 Å². The van der Waals surface area contributed by atoms with Gasteiger partial charge in [0.1, 0.15) is 4.88 Å². The average Bonchev–Trinajstić information content (AvgIpc) is 2.65. The number of nitrogen functional groups attached to an aromatic ring is 1. The van der Waals surface area contributed by atoms with Gasteiger partial charge in [0.25, 0.3) is 5.91 Å². The van der Waals surface area contributed by atoms with E-state index in [1.54, 1.807) is 4.90 Å². The molecule has 1 aromatic rings. The molecule has 5 nitrogen and oxygen atoms in total. The maximum Gasteiger partial charge on any atom is 0.265 e. The Labute approximate surface area is 91.5 Å². The standard InChI is InChI=1S/C9H13N3O2S/c10-9-11-5-7(15-9)8(14)12-3-1-6(13)2-4-12/h5-6,13H,1-4H2,(H2,10,11). The molecule has 1 aromatic heterocycles. The van der Waals surface area contributed by atoms with Crippen molar-refractivity contribution in [2.75, 3.05) is 18.8 Å². The van der Waals surface area contributed by atoms with Gasteiger partial charge in [-0.05, 0) is 12.8 Å². The molecule has 82 valence electrons. The molecule has 15 heavy (non-hydrogen) atoms. The number of thiazole rings is 1. The van der Waals surface area contributed by atoms with Crippen molar-refractivity contribution in [3.05, 3.63) is 11.1 Å². The third-order valence-corrected chi connectivity index (χ3v) is 3.30. The second-order valence-electron chi connectivity index (χ2n) is 3.59. The zero-order valence-corrected chi connectivity index (χ0v) is 9.04. The quantitative estimate of drug-likeness (QED) is 0.724. The van der Waals surface area contributed by atoms with E-state index in [0.29, 0.717) is 35.9 Å². The van der Waals surface area contributed by atoms with Gasteiger partial charge < -0.3 is 15.7 Å². The van der Waals surface area contributed by atoms with Crippen LogP contribution in [0.4, 0.5) is 5.13 Å². The van der Waals surface area contributed by atoms with Gasteiger partial charge >= 0.3 is 0 Å². The number of likely N-dealkylation sites (tertiary alicyclic amines) is 1. The number of carbonyl (C=O) groups excluding carboxylic acids is 1. The van der Waals surface area contributed by atoms with Crippen molar-refractivity contribution in [1.29, 1.82) is 0 Å². The number of hydrogen-bond donors (Lipinski definition) is 2. The summed E-state index contributed by atoms with van der Waals surface area (Å²) in [5.41, 5.74) is 5.46. The third-order valence-electron chi connectivity index (χ3n) is 2.49. The largest absolute Gasteiger partial charge is 0.393 e. The van der Waals surface area contributed by atoms with Crippen molar-refractivity contribution in [2.45, 2.75) is 18.9 Å². The third kappa shape index (κ3) is 2.27. The molecule has 0 aromatic carbocycles. The molecule has 0 spiro atoms. The van der Waals surface area contributed by atoms with Crippen molar-refractivity contribution < 1.29 is 9.90 Å². The van der Waals surface area contributed by atoms with Gasteiger partial charge in [-0.2, -0.15) is 0 Å². The molecule has 0 bridgehead atoms. The Balaban J connectivity index is 2.02. The second kappa shape index (κ2) is 4.16. The van der Waals surface area contributed by atoms with Crippen LogP contribution in [0.15, 0.2) is 6.20 Å². The van der Waals surface area contributed by atoms with E-state index in [2.05, 4.69) is 4.98 Å². The highest BCUT2D eigenvalue weighted by atomic mass is 32.1. The summed E-state index contributed by atoms with van der Waals surface area (Å²) in [6.45, 7) is 1.22. The Hall–Kier alpha value is -1.14. The Morgan fingerprint density at radius 1 is 1.60 bits per heavy atom. The fourth-order valence-corrected chi connectivity index (χ4v) is 2.26. The molecule has 0 aliphatic carbocycles. The number of hydrogen-bond acceptors (Lipinski definition) is 5. The summed E-state index contributed by atoms with van der Waals surface area (Å²) in [4.78, 5) is 18.0. The van der Waals surface area contributed by atoms with E-state index in [4.69, 9.17) is 5.73 Å². The van der Waals surface area contributed by atoms with Crippen LogP contribution < -0.4 is 5.73 Å². The second-order valence-corrected chi connectivity index (χ2v) is 4.65. The van der Waals surface area contributed by atoms with Crippen LogP contribution in [-0.4, -0.2) is 40.1 Å². The number of rotatable bonds is 1. The van der Waals surface area contributed by atoms with Crippen molar-refractivity contribution >= 4 is 22.4 Å². The summed E-state index contributed by atoms with van der Waals surface area (Å²) >= 11 is 1.20. The molecule has 1 aliphatic rings. The van der Waals surface area contributed by atoms with Crippen molar-refractivity contribution in [3.63, 3.8) is 0 Å². The van der Waals surface area contributed by atoms with Crippen LogP contribution in [0, 0.1) is 0 Å². The van der Waals surface area contributed by atoms with Gasteiger partial charge in [0, 0.05) is 13.1 Å². The van der Waals surface area contributed by atoms with Crippen molar-refractivity contribution in [2.24, 2.45) is 0 Å². The molecule has 6 heteroatoms. The molecular formula is C9H13N3O2S. The Bertz CT molecular complexity index is 358. The fourth-order valence-electron chi connectivity index (χ4n) is 1.61. The minimum absolute atomic E-state index is 0.0314. The average molecular weight is 227 g/mol. The van der Waals surface area contributed by atoms with E-state index >= 15 is 0 Å². The Morgan fingerprint density at radius 2 is 2.27 bits per heavy atom. The number of nitrogens with zero attached hydrogens (tertiary/aromatic N) is 2. The number of amides is 1. The van der Waals surface area contributed by atoms with E-state index in [0.717, 1.165) is 0 Å². The lowest BCUT2D eigenvalue weighted by Gasteiger charge is -2.29. The summed E-state index contributed by atoms with van der Waals surface area (Å²) in [6, 6.07) is 0. The first-order valence-corrected chi connectivity index (χ1v) is 5.67. The lowest BCUT2D eigenvalue weighted by atomic mass is 10.1. The highest BCUT2D eigenvalue weighted by molar-refractivity contribution is 7.17. The molecule has 1 amide bonds. The van der Waals surface area contributed by atoms with Crippen LogP contribution in [0.1, 0.15) is 22.5 Å². The SMILES string of the molecule is Nc1ncc(C(=O)N2CCC(O)CC2)s1. The number of aliphatic hydroxyl groups is 1. The molecule has 1 fully saturated rings. The van der Waals surface area contributed by atoms with E-state index < -0.39 is 0 Å². The minimum Gasteiger partial charge on any atom is -0.393 e. The first-order chi connectivity index (χ1) is 7.16. The zero-order chi connectivity index (χ0) is 10.8. The highest BCUT2D eigenvalue weighted by Gasteiger charge is 2.23. The Morgan fingerprint density at radius 3 is 2.80 bits per heavy atom. The van der Waals surface area contributed by atoms with E-state index in [1.165, 1.54) is 17.5 Å². The monoisotopic (exact) mass is 227 g/mol. The normalized spacial score (nSPS) is 18.1. The van der Waals surface area contributed by atoms with E-state index in [1.807, 2.05) is 0 Å². The Kier molecular flexibility index (Phi) is 2.88. The number of anilines is 1. The molecule has 1 saturated heterocycles. The smallest absolute Gasteiger partial charge is 0.265 e. The van der Waals surface area contributed by atoms with Gasteiger partial charge in [-0.1, -0.05) is 11.3 Å². The van der Waals surface area contributed by atoms with Crippen LogP contribution >= 0.6 is 11.3 Å². The molecule has 0 saturated carbocycles. The minimum atomic E-state index is -0.263. The van der Waals surface area contributed by atoms with Crippen molar-refractivity contribution in [1.82, 2.24) is 9.88 Å². The first kappa shape index (κ1) is 10.4. The van der Waals surface area contributed by atoms with Gasteiger partial charge in [0.05, 0.1) is 12.3 Å². The van der Waals surface area contributed by atoms with Gasteiger partial charge in [-0.3, -0.25) is 4.79 Å². The van der Waals surface area contributed by atoms with Gasteiger partial charge in [0.2, 0.25) is 0 Å². The van der Waals surface area contributed by atoms with Gasteiger partial charge in [-0.25, -0.2) is 4.98 Å². The van der Waals surface area contributed by atoms with Crippen LogP contribution in [0.5, 0.6) is 0 Å². The lowest BCUT2D eigenvalue weighted by Crippen LogP contribution is -2.39. The molecule has 3 N–H and O–H groups in total. The van der Waals surface area contributed by atoms with Crippen LogP contribution in [-0.2, 0) is 0 Å². The van der Waals surface area contributed by atoms with Gasteiger partial charge in [0.15, 0.2) is 5.13 Å². The van der Waals surface area contributed by atoms with E-state index in [-0.39, 0.29) is 12.0 Å². The maximum absolute atomic E-state index is 11.9. The van der Waals surface area contributed by atoms with Crippen LogP contribution in [0.2, 0.25) is 0 Å². The zero-order valence-electron chi connectivity index (χ0n) is 8.22. The summed E-state index contributed by atoms with van der Waals surface area (Å²) in [5.74, 6) is -0.0314. The predicted octanol–water partition coefficient (Wildman–Crippen LogP) is 0.322. The molecule has 1 aliphatic heterocycles. The highest BCUT2D eigenvalue weighted by Crippen LogP contribution is 2.19. The molecule has 2 rings (SSSR count). The predicted molar refractivity (Wildman–Crippen MR) is 57.7 cm³/mol. The number of nitrogens with two attached hydrogens (primary N) is 1. The topological polar surface area (TPSA) is 79.5 Å². The molecule has 2 heterocycles. The number of carbonyl (C=O) groups is 1. The molecule has 0 unspecified atom stereocenters.